The van der Waals surface area contributed by atoms with Crippen LogP contribution >= 0.6 is 0 Å². The van der Waals surface area contributed by atoms with Gasteiger partial charge in [0.05, 0.1) is 12.7 Å². The van der Waals surface area contributed by atoms with Gasteiger partial charge < -0.3 is 4.74 Å². The first kappa shape index (κ1) is 13.8. The van der Waals surface area contributed by atoms with E-state index in [-0.39, 0.29) is 5.76 Å². The third kappa shape index (κ3) is 4.23. The molecule has 0 saturated carbocycles. The fourth-order valence-corrected chi connectivity index (χ4v) is 0.791. The molecule has 0 aromatic carbocycles. The number of hydrogen-bond donors (Lipinski definition) is 0. The predicted octanol–water partition coefficient (Wildman–Crippen LogP) is 3.99. The maximum Gasteiger partial charge on any atom is 0.419 e. The van der Waals surface area contributed by atoms with Crippen LogP contribution in [0.4, 0.5) is 13.2 Å². The second-order valence-corrected chi connectivity index (χ2v) is 3.37. The molecule has 0 amide bonds. The Bertz CT molecular complexity index is 304. The minimum Gasteiger partial charge on any atom is -0.497 e. The van der Waals surface area contributed by atoms with Crippen molar-refractivity contribution in [2.75, 3.05) is 7.11 Å². The van der Waals surface area contributed by atoms with Gasteiger partial charge in [-0.05, 0) is 26.8 Å². The molecule has 4 heteroatoms. The van der Waals surface area contributed by atoms with Crippen molar-refractivity contribution in [2.24, 2.45) is 0 Å². The van der Waals surface area contributed by atoms with Gasteiger partial charge in [-0.1, -0.05) is 17.7 Å². The van der Waals surface area contributed by atoms with E-state index < -0.39 is 11.7 Å². The number of rotatable bonds is 3. The Balaban J connectivity index is 5.32. The van der Waals surface area contributed by atoms with Crippen LogP contribution in [0.25, 0.3) is 0 Å². The molecule has 0 unspecified atom stereocenters. The highest BCUT2D eigenvalue weighted by molar-refractivity contribution is 5.36. The number of ether oxygens (including phenoxy) is 1. The molecule has 0 aliphatic carbocycles. The molecule has 0 aliphatic heterocycles. The maximum atomic E-state index is 12.5. The minimum absolute atomic E-state index is 0.372. The number of allylic oxidation sites excluding steroid dienone is 4. The number of alkyl halides is 3. The van der Waals surface area contributed by atoms with Gasteiger partial charge in [0.15, 0.2) is 0 Å². The normalized spacial score (nSPS) is 12.3. The fourth-order valence-electron chi connectivity index (χ4n) is 0.791. The van der Waals surface area contributed by atoms with Crippen LogP contribution in [-0.2, 0) is 4.74 Å². The van der Waals surface area contributed by atoms with Gasteiger partial charge in [0, 0.05) is 0 Å². The molecule has 0 fully saturated rings. The van der Waals surface area contributed by atoms with E-state index in [9.17, 15) is 13.2 Å². The Morgan fingerprint density at radius 3 is 1.93 bits per heavy atom. The minimum atomic E-state index is -4.44. The molecule has 0 N–H and O–H groups in total. The molecule has 0 atom stereocenters. The number of halogens is 3. The van der Waals surface area contributed by atoms with E-state index in [4.69, 9.17) is 0 Å². The van der Waals surface area contributed by atoms with Crippen molar-refractivity contribution >= 4 is 0 Å². The van der Waals surface area contributed by atoms with Crippen molar-refractivity contribution in [3.63, 3.8) is 0 Å². The zero-order valence-corrected chi connectivity index (χ0v) is 9.33. The molecular formula is C11H15F3O. The van der Waals surface area contributed by atoms with Gasteiger partial charge in [0.25, 0.3) is 0 Å². The third-order valence-electron chi connectivity index (χ3n) is 2.00. The van der Waals surface area contributed by atoms with Gasteiger partial charge in [-0.2, -0.15) is 13.2 Å². The van der Waals surface area contributed by atoms with Crippen LogP contribution in [-0.4, -0.2) is 13.3 Å². The van der Waals surface area contributed by atoms with Crippen LogP contribution in [0.3, 0.4) is 0 Å². The fraction of sp³-hybridized carbons (Fsp3) is 0.455. The lowest BCUT2D eigenvalue weighted by molar-refractivity contribution is -0.0931. The first-order valence-corrected chi connectivity index (χ1v) is 4.36. The van der Waals surface area contributed by atoms with E-state index in [1.165, 1.54) is 7.11 Å². The summed E-state index contributed by atoms with van der Waals surface area (Å²) in [5, 5.41) is 0. The van der Waals surface area contributed by atoms with Crippen molar-refractivity contribution < 1.29 is 17.9 Å². The Labute approximate surface area is 87.9 Å². The van der Waals surface area contributed by atoms with Gasteiger partial charge in [0.2, 0.25) is 0 Å². The van der Waals surface area contributed by atoms with Gasteiger partial charge in [0.1, 0.15) is 5.76 Å². The standard InChI is InChI=1S/C11H15F3O/c1-7(2)8(3)6-10(9(4)15-5)11(12,13)14/h6H,4H2,1-3,5H3/b10-6+. The summed E-state index contributed by atoms with van der Waals surface area (Å²) in [5.74, 6) is -0.372. The molecule has 0 aromatic heterocycles. The summed E-state index contributed by atoms with van der Waals surface area (Å²) in [7, 11) is 1.17. The van der Waals surface area contributed by atoms with Gasteiger partial charge in [-0.3, -0.25) is 0 Å². The van der Waals surface area contributed by atoms with Crippen molar-refractivity contribution in [1.29, 1.82) is 0 Å². The highest BCUT2D eigenvalue weighted by Crippen LogP contribution is 2.32. The van der Waals surface area contributed by atoms with Crippen LogP contribution in [0.15, 0.2) is 35.1 Å². The quantitative estimate of drug-likeness (QED) is 0.516. The molecule has 0 heterocycles. The molecule has 0 rings (SSSR count). The van der Waals surface area contributed by atoms with E-state index in [2.05, 4.69) is 11.3 Å². The summed E-state index contributed by atoms with van der Waals surface area (Å²) < 4.78 is 42.2. The first-order valence-electron chi connectivity index (χ1n) is 4.36. The predicted molar refractivity (Wildman–Crippen MR) is 54.3 cm³/mol. The first-order chi connectivity index (χ1) is 6.70. The molecule has 0 bridgehead atoms. The molecule has 0 aliphatic rings. The molecule has 1 nitrogen and oxygen atoms in total. The highest BCUT2D eigenvalue weighted by atomic mass is 19.4. The largest absolute Gasteiger partial charge is 0.497 e. The van der Waals surface area contributed by atoms with Crippen molar-refractivity contribution in [3.8, 4) is 0 Å². The van der Waals surface area contributed by atoms with E-state index in [1.54, 1.807) is 20.8 Å². The average Bonchev–Trinajstić information content (AvgIpc) is 2.10. The zero-order chi connectivity index (χ0) is 12.2. The summed E-state index contributed by atoms with van der Waals surface area (Å²) in [6, 6.07) is 0. The Morgan fingerprint density at radius 2 is 1.67 bits per heavy atom. The number of hydrogen-bond acceptors (Lipinski definition) is 1. The second kappa shape index (κ2) is 5.05. The van der Waals surface area contributed by atoms with Crippen molar-refractivity contribution in [1.82, 2.24) is 0 Å². The lowest BCUT2D eigenvalue weighted by Gasteiger charge is -2.13. The smallest absolute Gasteiger partial charge is 0.419 e. The Kier molecular flexibility index (Phi) is 4.65. The van der Waals surface area contributed by atoms with E-state index in [0.29, 0.717) is 5.57 Å². The van der Waals surface area contributed by atoms with Gasteiger partial charge in [-0.15, -0.1) is 0 Å². The molecule has 0 saturated heterocycles. The van der Waals surface area contributed by atoms with E-state index >= 15 is 0 Å². The van der Waals surface area contributed by atoms with Crippen LogP contribution in [0.5, 0.6) is 0 Å². The summed E-state index contributed by atoms with van der Waals surface area (Å²) in [5.41, 5.74) is 0.532. The topological polar surface area (TPSA) is 9.23 Å². The Morgan fingerprint density at radius 1 is 1.20 bits per heavy atom. The lowest BCUT2D eigenvalue weighted by atomic mass is 10.1. The van der Waals surface area contributed by atoms with Crippen LogP contribution in [0.2, 0.25) is 0 Å². The maximum absolute atomic E-state index is 12.5. The summed E-state index contributed by atoms with van der Waals surface area (Å²) in [6.45, 7) is 8.33. The molecule has 86 valence electrons. The molecule has 0 spiro atoms. The summed E-state index contributed by atoms with van der Waals surface area (Å²) in [4.78, 5) is 0. The molecular weight excluding hydrogens is 205 g/mol. The average molecular weight is 220 g/mol. The SMILES string of the molecule is C=C(OC)/C(=C\C(C)=C(C)C)C(F)(F)F. The third-order valence-corrected chi connectivity index (χ3v) is 2.00. The van der Waals surface area contributed by atoms with Crippen molar-refractivity contribution in [2.45, 2.75) is 26.9 Å². The van der Waals surface area contributed by atoms with Crippen LogP contribution in [0.1, 0.15) is 20.8 Å². The van der Waals surface area contributed by atoms with E-state index in [0.717, 1.165) is 11.6 Å². The Hall–Kier alpha value is -1.19. The van der Waals surface area contributed by atoms with Crippen LogP contribution < -0.4 is 0 Å². The summed E-state index contributed by atoms with van der Waals surface area (Å²) >= 11 is 0. The van der Waals surface area contributed by atoms with Crippen LogP contribution in [0, 0.1) is 0 Å². The van der Waals surface area contributed by atoms with Crippen molar-refractivity contribution in [3.05, 3.63) is 35.1 Å². The monoisotopic (exact) mass is 220 g/mol. The zero-order valence-electron chi connectivity index (χ0n) is 9.33. The highest BCUT2D eigenvalue weighted by Gasteiger charge is 2.36. The molecule has 15 heavy (non-hydrogen) atoms. The lowest BCUT2D eigenvalue weighted by Crippen LogP contribution is -2.14. The van der Waals surface area contributed by atoms with Gasteiger partial charge in [-0.25, -0.2) is 0 Å². The van der Waals surface area contributed by atoms with E-state index in [1.807, 2.05) is 0 Å². The molecule has 0 radical (unpaired) electrons. The van der Waals surface area contributed by atoms with Gasteiger partial charge >= 0.3 is 6.18 Å². The second-order valence-electron chi connectivity index (χ2n) is 3.37. The molecule has 0 aromatic rings. The number of methoxy groups -OCH3 is 1. The summed E-state index contributed by atoms with van der Waals surface area (Å²) in [6.07, 6.45) is -3.40.